The lowest BCUT2D eigenvalue weighted by atomic mass is 10.0. The molecule has 4 nitrogen and oxygen atoms in total. The predicted molar refractivity (Wildman–Crippen MR) is 53.1 cm³/mol. The molecule has 0 radical (unpaired) electrons. The number of ether oxygens (including phenoxy) is 1. The van der Waals surface area contributed by atoms with E-state index in [4.69, 9.17) is 5.73 Å². The van der Waals surface area contributed by atoms with Gasteiger partial charge in [-0.15, -0.1) is 0 Å². The lowest BCUT2D eigenvalue weighted by molar-refractivity contribution is -0.195. The third-order valence-electron chi connectivity index (χ3n) is 1.66. The molecule has 0 aromatic heterocycles. The Hall–Kier alpha value is -0.760. The van der Waals surface area contributed by atoms with Gasteiger partial charge in [0.15, 0.2) is 5.60 Å². The van der Waals surface area contributed by atoms with Gasteiger partial charge in [-0.25, -0.2) is 0 Å². The summed E-state index contributed by atoms with van der Waals surface area (Å²) in [7, 11) is 0. The molecule has 0 amide bonds. The zero-order valence-corrected chi connectivity index (χ0v) is 9.56. The van der Waals surface area contributed by atoms with Gasteiger partial charge < -0.3 is 10.5 Å². The van der Waals surface area contributed by atoms with Crippen molar-refractivity contribution >= 4 is 24.4 Å². The number of Topliss-reactive ketones (excluding diaryl/α,β-unsaturated/α-hetero) is 1. The minimum atomic E-state index is -5.06. The topological polar surface area (TPSA) is 69.4 Å². The average Bonchev–Trinajstić information content (AvgIpc) is 2.13. The highest BCUT2D eigenvalue weighted by molar-refractivity contribution is 7.80. The van der Waals surface area contributed by atoms with Crippen molar-refractivity contribution in [3.8, 4) is 0 Å². The van der Waals surface area contributed by atoms with Crippen LogP contribution in [0.25, 0.3) is 0 Å². The summed E-state index contributed by atoms with van der Waals surface area (Å²) in [4.78, 5) is 22.0. The molecule has 2 N–H and O–H groups in total. The van der Waals surface area contributed by atoms with Crippen LogP contribution in [0, 0.1) is 0 Å². The van der Waals surface area contributed by atoms with E-state index >= 15 is 0 Å². The van der Waals surface area contributed by atoms with Crippen LogP contribution < -0.4 is 5.73 Å². The van der Waals surface area contributed by atoms with Gasteiger partial charge in [0.1, 0.15) is 6.04 Å². The molecular weight excluding hydrogens is 247 g/mol. The second kappa shape index (κ2) is 5.05. The molecule has 0 heterocycles. The van der Waals surface area contributed by atoms with Crippen molar-refractivity contribution < 1.29 is 27.5 Å². The largest absolute Gasteiger partial charge is 0.454 e. The van der Waals surface area contributed by atoms with E-state index in [0.717, 1.165) is 13.8 Å². The van der Waals surface area contributed by atoms with E-state index in [9.17, 15) is 22.8 Å². The van der Waals surface area contributed by atoms with Gasteiger partial charge in [0.25, 0.3) is 5.78 Å². The number of carbonyl (C=O) groups excluding carboxylic acids is 2. The van der Waals surface area contributed by atoms with Crippen LogP contribution in [0.4, 0.5) is 13.2 Å². The first-order valence-electron chi connectivity index (χ1n) is 4.23. The van der Waals surface area contributed by atoms with Gasteiger partial charge in [0, 0.05) is 5.75 Å². The van der Waals surface area contributed by atoms with E-state index in [-0.39, 0.29) is 5.75 Å². The molecule has 0 aliphatic rings. The van der Waals surface area contributed by atoms with Crippen molar-refractivity contribution in [3.63, 3.8) is 0 Å². The Morgan fingerprint density at radius 2 is 1.81 bits per heavy atom. The van der Waals surface area contributed by atoms with Crippen molar-refractivity contribution in [2.24, 2.45) is 5.73 Å². The van der Waals surface area contributed by atoms with Crippen molar-refractivity contribution in [3.05, 3.63) is 0 Å². The summed E-state index contributed by atoms with van der Waals surface area (Å²) in [5, 5.41) is 0. The van der Waals surface area contributed by atoms with Crippen LogP contribution in [-0.2, 0) is 14.3 Å². The molecule has 94 valence electrons. The maximum absolute atomic E-state index is 12.1. The van der Waals surface area contributed by atoms with Crippen LogP contribution in [-0.4, -0.2) is 35.3 Å². The van der Waals surface area contributed by atoms with Crippen molar-refractivity contribution in [1.82, 2.24) is 0 Å². The highest BCUT2D eigenvalue weighted by Gasteiger charge is 2.50. The van der Waals surface area contributed by atoms with Crippen molar-refractivity contribution in [1.29, 1.82) is 0 Å². The number of rotatable bonds is 4. The van der Waals surface area contributed by atoms with Crippen LogP contribution in [0.2, 0.25) is 0 Å². The predicted octanol–water partition coefficient (Wildman–Crippen LogP) is 0.697. The van der Waals surface area contributed by atoms with E-state index < -0.39 is 29.6 Å². The molecule has 0 aromatic carbocycles. The Morgan fingerprint density at radius 3 is 2.12 bits per heavy atom. The molecule has 0 aromatic rings. The number of thiol groups is 1. The molecule has 0 spiro atoms. The first kappa shape index (κ1) is 15.2. The molecule has 1 atom stereocenters. The van der Waals surface area contributed by atoms with Crippen molar-refractivity contribution in [2.45, 2.75) is 31.7 Å². The van der Waals surface area contributed by atoms with Gasteiger partial charge in [0.05, 0.1) is 0 Å². The number of carbonyl (C=O) groups is 2. The first-order valence-corrected chi connectivity index (χ1v) is 4.86. The Labute approximate surface area is 95.7 Å². The summed E-state index contributed by atoms with van der Waals surface area (Å²) in [6.07, 6.45) is -5.06. The molecule has 0 fully saturated rings. The van der Waals surface area contributed by atoms with Crippen LogP contribution in [0.3, 0.4) is 0 Å². The van der Waals surface area contributed by atoms with Crippen LogP contribution in [0.5, 0.6) is 0 Å². The maximum atomic E-state index is 12.1. The fraction of sp³-hybridized carbons (Fsp3) is 0.750. The molecule has 0 aliphatic heterocycles. The number of esters is 1. The zero-order valence-electron chi connectivity index (χ0n) is 8.67. The van der Waals surface area contributed by atoms with E-state index in [1.165, 1.54) is 0 Å². The minimum Gasteiger partial charge on any atom is -0.450 e. The first-order chi connectivity index (χ1) is 7.02. The van der Waals surface area contributed by atoms with E-state index in [2.05, 4.69) is 17.4 Å². The molecular formula is C8H12F3NO3S. The number of hydrogen-bond donors (Lipinski definition) is 2. The van der Waals surface area contributed by atoms with Gasteiger partial charge in [-0.1, -0.05) is 0 Å². The second-order valence-corrected chi connectivity index (χ2v) is 3.91. The number of nitrogens with two attached hydrogens (primary N) is 1. The molecule has 0 rings (SSSR count). The molecule has 8 heteroatoms. The Kier molecular flexibility index (Phi) is 4.81. The SMILES string of the molecule is CC(C)(OC(=O)C(N)CS)C(=O)C(F)(F)F. The van der Waals surface area contributed by atoms with Gasteiger partial charge in [-0.05, 0) is 13.8 Å². The lowest BCUT2D eigenvalue weighted by Crippen LogP contribution is -2.48. The highest BCUT2D eigenvalue weighted by atomic mass is 32.1. The molecule has 0 saturated carbocycles. The van der Waals surface area contributed by atoms with Gasteiger partial charge in [-0.2, -0.15) is 25.8 Å². The third-order valence-corrected chi connectivity index (χ3v) is 2.05. The average molecular weight is 259 g/mol. The van der Waals surface area contributed by atoms with Crippen LogP contribution in [0.15, 0.2) is 0 Å². The third kappa shape index (κ3) is 4.01. The van der Waals surface area contributed by atoms with Crippen LogP contribution >= 0.6 is 12.6 Å². The monoisotopic (exact) mass is 259 g/mol. The minimum absolute atomic E-state index is 0.0882. The van der Waals surface area contributed by atoms with E-state index in [0.29, 0.717) is 0 Å². The summed E-state index contributed by atoms with van der Waals surface area (Å²) in [6.45, 7) is 1.71. The summed E-state index contributed by atoms with van der Waals surface area (Å²) in [5.41, 5.74) is 2.91. The van der Waals surface area contributed by atoms with Gasteiger partial charge >= 0.3 is 12.1 Å². The van der Waals surface area contributed by atoms with Gasteiger partial charge in [-0.3, -0.25) is 9.59 Å². The molecule has 16 heavy (non-hydrogen) atoms. The van der Waals surface area contributed by atoms with Gasteiger partial charge in [0.2, 0.25) is 0 Å². The molecule has 0 saturated heterocycles. The molecule has 1 unspecified atom stereocenters. The normalized spacial score (nSPS) is 14.4. The fourth-order valence-electron chi connectivity index (χ4n) is 0.789. The summed E-state index contributed by atoms with van der Waals surface area (Å²) >= 11 is 3.68. The second-order valence-electron chi connectivity index (χ2n) is 3.55. The van der Waals surface area contributed by atoms with Crippen molar-refractivity contribution in [2.75, 3.05) is 5.75 Å². The number of hydrogen-bond acceptors (Lipinski definition) is 5. The van der Waals surface area contributed by atoms with E-state index in [1.807, 2.05) is 0 Å². The number of alkyl halides is 3. The molecule has 0 bridgehead atoms. The maximum Gasteiger partial charge on any atom is 0.454 e. The Bertz CT molecular complexity index is 291. The number of halogens is 3. The highest BCUT2D eigenvalue weighted by Crippen LogP contribution is 2.26. The Morgan fingerprint density at radius 1 is 1.38 bits per heavy atom. The number of ketones is 1. The smallest absolute Gasteiger partial charge is 0.450 e. The quantitative estimate of drug-likeness (QED) is 0.576. The summed E-state index contributed by atoms with van der Waals surface area (Å²) < 4.78 is 40.7. The van der Waals surface area contributed by atoms with Crippen LogP contribution in [0.1, 0.15) is 13.8 Å². The fourth-order valence-corrected chi connectivity index (χ4v) is 0.938. The Balaban J connectivity index is 4.70. The standard InChI is InChI=1S/C8H12F3NO3S/c1-7(2,6(14)8(9,10)11)15-5(13)4(12)3-16/h4,16H,3,12H2,1-2H3. The zero-order chi connectivity index (χ0) is 13.1. The van der Waals surface area contributed by atoms with E-state index in [1.54, 1.807) is 0 Å². The summed E-state index contributed by atoms with van der Waals surface area (Å²) in [6, 6.07) is -1.16. The molecule has 0 aliphatic carbocycles. The lowest BCUT2D eigenvalue weighted by Gasteiger charge is -2.25. The summed E-state index contributed by atoms with van der Waals surface area (Å²) in [5.74, 6) is -3.33.